The van der Waals surface area contributed by atoms with Gasteiger partial charge in [0.1, 0.15) is 0 Å². The van der Waals surface area contributed by atoms with Gasteiger partial charge in [0, 0.05) is 24.2 Å². The number of nitrogens with zero attached hydrogens (tertiary/aromatic N) is 5. The maximum absolute atomic E-state index is 9.99. The van der Waals surface area contributed by atoms with E-state index in [4.69, 9.17) is 4.98 Å². The van der Waals surface area contributed by atoms with Crippen LogP contribution in [0.5, 0.6) is 0 Å². The van der Waals surface area contributed by atoms with Gasteiger partial charge in [0.05, 0.1) is 40.1 Å². The molecule has 0 aliphatic heterocycles. The highest BCUT2D eigenvalue weighted by molar-refractivity contribution is 6.07. The summed E-state index contributed by atoms with van der Waals surface area (Å²) in [5.41, 5.74) is 10.2. The van der Waals surface area contributed by atoms with Gasteiger partial charge in [0.2, 0.25) is 0 Å². The summed E-state index contributed by atoms with van der Waals surface area (Å²) in [5.74, 6) is 0. The van der Waals surface area contributed by atoms with Crippen molar-refractivity contribution < 1.29 is 5.11 Å². The fourth-order valence-electron chi connectivity index (χ4n) is 5.54. The number of aryl methyl sites for hydroxylation is 3. The Kier molecular flexibility index (Phi) is 4.59. The zero-order valence-electron chi connectivity index (χ0n) is 19.2. The van der Waals surface area contributed by atoms with Crippen molar-refractivity contribution in [2.24, 2.45) is 7.05 Å². The van der Waals surface area contributed by atoms with Crippen LogP contribution in [-0.4, -0.2) is 35.8 Å². The first kappa shape index (κ1) is 20.1. The van der Waals surface area contributed by atoms with Crippen molar-refractivity contribution in [2.75, 3.05) is 0 Å². The van der Waals surface area contributed by atoms with Crippen LogP contribution in [0.3, 0.4) is 0 Å². The Morgan fingerprint density at radius 2 is 1.97 bits per heavy atom. The molecule has 1 aliphatic carbocycles. The van der Waals surface area contributed by atoms with Crippen LogP contribution >= 0.6 is 0 Å². The van der Waals surface area contributed by atoms with Crippen LogP contribution in [0.25, 0.3) is 33.2 Å². The largest absolute Gasteiger partial charge is 0.393 e. The van der Waals surface area contributed by atoms with Gasteiger partial charge >= 0.3 is 0 Å². The van der Waals surface area contributed by atoms with Gasteiger partial charge in [-0.25, -0.2) is 4.68 Å². The molecule has 166 valence electrons. The number of benzene rings is 2. The van der Waals surface area contributed by atoms with Crippen molar-refractivity contribution in [1.82, 2.24) is 24.5 Å². The lowest BCUT2D eigenvalue weighted by molar-refractivity contribution is 0.195. The average molecular weight is 438 g/mol. The van der Waals surface area contributed by atoms with Crippen LogP contribution in [0.2, 0.25) is 0 Å². The van der Waals surface area contributed by atoms with E-state index >= 15 is 0 Å². The molecule has 1 aliphatic rings. The van der Waals surface area contributed by atoms with E-state index in [-0.39, 0.29) is 12.1 Å². The molecule has 0 saturated carbocycles. The summed E-state index contributed by atoms with van der Waals surface area (Å²) in [6.45, 7) is 3.82. The summed E-state index contributed by atoms with van der Waals surface area (Å²) in [6.07, 6.45) is 4.34. The fourth-order valence-corrected chi connectivity index (χ4v) is 5.54. The Labute approximate surface area is 192 Å². The molecule has 5 aromatic rings. The molecule has 2 unspecified atom stereocenters. The molecule has 0 saturated heterocycles. The summed E-state index contributed by atoms with van der Waals surface area (Å²) < 4.78 is 4.29. The fraction of sp³-hybridized carbons (Fsp3) is 0.296. The lowest BCUT2D eigenvalue weighted by Gasteiger charge is -2.18. The number of fused-ring (bicyclic) bond motifs is 4. The normalized spacial score (nSPS) is 16.5. The summed E-state index contributed by atoms with van der Waals surface area (Å²) >= 11 is 0. The standard InChI is InChI=1S/C27H27N5O/c1-16(33)12-18-8-10-22-24(13-18)32(23-11-9-19-6-4-5-7-21(19)23)25-14-20(15-28-26(22)25)27-17(2)29-30-31(27)3/h4-8,10,13-16,23,33H,9,11-12H2,1-3H3. The van der Waals surface area contributed by atoms with Crippen molar-refractivity contribution in [1.29, 1.82) is 0 Å². The quantitative estimate of drug-likeness (QED) is 0.440. The van der Waals surface area contributed by atoms with Crippen LogP contribution in [0, 0.1) is 6.92 Å². The molecule has 2 atom stereocenters. The molecule has 1 N–H and O–H groups in total. The minimum atomic E-state index is -0.377. The topological polar surface area (TPSA) is 68.8 Å². The third-order valence-corrected chi connectivity index (χ3v) is 6.92. The van der Waals surface area contributed by atoms with Gasteiger partial charge in [-0.1, -0.05) is 41.6 Å². The third-order valence-electron chi connectivity index (χ3n) is 6.92. The number of pyridine rings is 1. The highest BCUT2D eigenvalue weighted by Crippen LogP contribution is 2.41. The van der Waals surface area contributed by atoms with E-state index in [0.29, 0.717) is 6.42 Å². The molecule has 3 heterocycles. The monoisotopic (exact) mass is 437 g/mol. The number of hydrogen-bond donors (Lipinski definition) is 1. The molecule has 2 aromatic carbocycles. The van der Waals surface area contributed by atoms with Gasteiger partial charge in [-0.3, -0.25) is 4.98 Å². The van der Waals surface area contributed by atoms with Crippen molar-refractivity contribution in [3.63, 3.8) is 0 Å². The van der Waals surface area contributed by atoms with Crippen molar-refractivity contribution in [3.8, 4) is 11.3 Å². The Morgan fingerprint density at radius 1 is 1.12 bits per heavy atom. The molecule has 6 rings (SSSR count). The molecule has 0 bridgehead atoms. The van der Waals surface area contributed by atoms with E-state index in [2.05, 4.69) is 63.4 Å². The number of aliphatic hydroxyl groups is 1. The molecule has 0 radical (unpaired) electrons. The first-order chi connectivity index (χ1) is 16.0. The minimum Gasteiger partial charge on any atom is -0.393 e. The molecular formula is C27H27N5O. The van der Waals surface area contributed by atoms with E-state index in [1.165, 1.54) is 16.6 Å². The maximum Gasteiger partial charge on any atom is 0.0960 e. The van der Waals surface area contributed by atoms with Crippen molar-refractivity contribution in [3.05, 3.63) is 77.1 Å². The second-order valence-corrected chi connectivity index (χ2v) is 9.27. The zero-order valence-corrected chi connectivity index (χ0v) is 19.2. The second-order valence-electron chi connectivity index (χ2n) is 9.27. The summed E-state index contributed by atoms with van der Waals surface area (Å²) in [7, 11) is 1.92. The lowest BCUT2D eigenvalue weighted by atomic mass is 10.1. The number of aliphatic hydroxyl groups excluding tert-OH is 1. The minimum absolute atomic E-state index is 0.255. The first-order valence-electron chi connectivity index (χ1n) is 11.6. The highest BCUT2D eigenvalue weighted by Gasteiger charge is 2.27. The molecule has 3 aromatic heterocycles. The second kappa shape index (κ2) is 7.52. The summed E-state index contributed by atoms with van der Waals surface area (Å²) in [5, 5.41) is 19.6. The Balaban J connectivity index is 1.65. The zero-order chi connectivity index (χ0) is 22.7. The van der Waals surface area contributed by atoms with E-state index in [9.17, 15) is 5.11 Å². The number of hydrogen-bond acceptors (Lipinski definition) is 4. The SMILES string of the molecule is Cc1nnn(C)c1-c1cnc2c3ccc(CC(C)O)cc3n(C3CCc4ccccc43)c2c1. The predicted octanol–water partition coefficient (Wildman–Crippen LogP) is 4.75. The Morgan fingerprint density at radius 3 is 2.76 bits per heavy atom. The summed E-state index contributed by atoms with van der Waals surface area (Å²) in [6, 6.07) is 17.8. The van der Waals surface area contributed by atoms with E-state index in [0.717, 1.165) is 51.8 Å². The maximum atomic E-state index is 9.99. The molecular weight excluding hydrogens is 410 g/mol. The van der Waals surface area contributed by atoms with Crippen LogP contribution in [0.15, 0.2) is 54.7 Å². The Hall–Kier alpha value is -3.51. The molecule has 0 amide bonds. The number of aromatic nitrogens is 5. The highest BCUT2D eigenvalue weighted by atomic mass is 16.3. The predicted molar refractivity (Wildman–Crippen MR) is 130 cm³/mol. The first-order valence-corrected chi connectivity index (χ1v) is 11.6. The van der Waals surface area contributed by atoms with Crippen LogP contribution in [-0.2, 0) is 19.9 Å². The molecule has 33 heavy (non-hydrogen) atoms. The molecule has 0 fully saturated rings. The molecule has 6 nitrogen and oxygen atoms in total. The van der Waals surface area contributed by atoms with E-state index < -0.39 is 0 Å². The van der Waals surface area contributed by atoms with Gasteiger partial charge in [0.25, 0.3) is 0 Å². The van der Waals surface area contributed by atoms with E-state index in [1.807, 2.05) is 31.8 Å². The third kappa shape index (κ3) is 3.16. The number of rotatable bonds is 4. The molecule has 0 spiro atoms. The van der Waals surface area contributed by atoms with Gasteiger partial charge in [-0.05, 0) is 61.9 Å². The van der Waals surface area contributed by atoms with E-state index in [1.54, 1.807) is 0 Å². The van der Waals surface area contributed by atoms with Gasteiger partial charge in [-0.15, -0.1) is 5.10 Å². The Bertz CT molecular complexity index is 1490. The molecule has 6 heteroatoms. The van der Waals surface area contributed by atoms with Crippen LogP contribution in [0.1, 0.15) is 41.8 Å². The van der Waals surface area contributed by atoms with Gasteiger partial charge in [0.15, 0.2) is 0 Å². The summed E-state index contributed by atoms with van der Waals surface area (Å²) in [4.78, 5) is 4.95. The van der Waals surface area contributed by atoms with Crippen molar-refractivity contribution >= 4 is 21.9 Å². The van der Waals surface area contributed by atoms with Gasteiger partial charge in [-0.2, -0.15) is 0 Å². The average Bonchev–Trinajstić information content (AvgIpc) is 3.46. The van der Waals surface area contributed by atoms with Gasteiger partial charge < -0.3 is 9.67 Å². The lowest BCUT2D eigenvalue weighted by Crippen LogP contribution is -2.08. The van der Waals surface area contributed by atoms with Crippen LogP contribution < -0.4 is 0 Å². The van der Waals surface area contributed by atoms with Crippen LogP contribution in [0.4, 0.5) is 0 Å². The smallest absolute Gasteiger partial charge is 0.0960 e. The van der Waals surface area contributed by atoms with Crippen molar-refractivity contribution in [2.45, 2.75) is 45.3 Å².